The summed E-state index contributed by atoms with van der Waals surface area (Å²) >= 11 is 1.61. The average Bonchev–Trinajstić information content (AvgIpc) is 2.97. The van der Waals surface area contributed by atoms with E-state index in [1.54, 1.807) is 11.8 Å². The van der Waals surface area contributed by atoms with E-state index in [1.165, 1.54) is 109 Å². The number of carbonyl (C=O) groups excluding carboxylic acids is 2. The van der Waals surface area contributed by atoms with E-state index in [0.717, 1.165) is 50.7 Å². The van der Waals surface area contributed by atoms with E-state index in [4.69, 9.17) is 9.47 Å². The van der Waals surface area contributed by atoms with Crippen LogP contribution in [-0.2, 0) is 28.2 Å². The van der Waals surface area contributed by atoms with Crippen molar-refractivity contribution in [1.82, 2.24) is 0 Å². The van der Waals surface area contributed by atoms with Gasteiger partial charge < -0.3 is 28.3 Å². The Hall–Kier alpha value is 1.40. The van der Waals surface area contributed by atoms with E-state index in [9.17, 15) is 23.9 Å². The van der Waals surface area contributed by atoms with Crippen LogP contribution < -0.4 is 68.9 Å². The van der Waals surface area contributed by atoms with Crippen molar-refractivity contribution in [1.29, 1.82) is 0 Å². The van der Waals surface area contributed by atoms with Gasteiger partial charge in [0.1, 0.15) is 6.10 Å². The number of phosphoric ester groups is 1. The summed E-state index contributed by atoms with van der Waals surface area (Å²) in [5.41, 5.74) is 0. The Labute approximate surface area is 324 Å². The number of ether oxygens (including phenoxy) is 2. The first-order valence-electron chi connectivity index (χ1n) is 17.4. The van der Waals surface area contributed by atoms with Gasteiger partial charge >= 0.3 is 65.1 Å². The first-order valence-corrected chi connectivity index (χ1v) is 20.0. The zero-order chi connectivity index (χ0) is 31.7. The van der Waals surface area contributed by atoms with Crippen LogP contribution in [0.4, 0.5) is 0 Å². The zero-order valence-electron chi connectivity index (χ0n) is 29.3. The molecule has 0 spiro atoms. The van der Waals surface area contributed by atoms with Crippen molar-refractivity contribution >= 4 is 32.0 Å². The van der Waals surface area contributed by atoms with Crippen molar-refractivity contribution in [2.75, 3.05) is 24.7 Å². The van der Waals surface area contributed by atoms with Gasteiger partial charge in [0, 0.05) is 12.2 Å². The Bertz CT molecular complexity index is 673. The summed E-state index contributed by atoms with van der Waals surface area (Å²) in [6, 6.07) is 0. The molecule has 0 bridgehead atoms. The maximum atomic E-state index is 12.3. The number of hydrogen-bond donors (Lipinski definition) is 0. The Kier molecular flexibility index (Phi) is 44.9. The number of esters is 1. The normalized spacial score (nSPS) is 11.8. The Morgan fingerprint density at radius 1 is 0.689 bits per heavy atom. The predicted octanol–water partition coefficient (Wildman–Crippen LogP) is 2.43. The largest absolute Gasteiger partial charge is 1.00 e. The van der Waals surface area contributed by atoms with Gasteiger partial charge in [-0.2, -0.15) is 11.8 Å². The second-order valence-electron chi connectivity index (χ2n) is 11.8. The van der Waals surface area contributed by atoms with E-state index in [2.05, 4.69) is 11.4 Å². The molecule has 12 heteroatoms. The molecule has 0 N–H and O–H groups in total. The van der Waals surface area contributed by atoms with Crippen LogP contribution in [0.2, 0.25) is 0 Å². The van der Waals surface area contributed by atoms with Gasteiger partial charge in [-0.15, -0.1) is 0 Å². The quantitative estimate of drug-likeness (QED) is 0.0323. The van der Waals surface area contributed by atoms with Crippen LogP contribution in [0.5, 0.6) is 0 Å². The second kappa shape index (κ2) is 39.8. The molecule has 0 fully saturated rings. The van der Waals surface area contributed by atoms with Crippen LogP contribution in [-0.4, -0.2) is 43.3 Å². The molecule has 45 heavy (non-hydrogen) atoms. The first kappa shape index (κ1) is 50.8. The van der Waals surface area contributed by atoms with Crippen molar-refractivity contribution in [3.05, 3.63) is 0 Å². The number of hydrogen-bond acceptors (Lipinski definition) is 9. The molecule has 0 rings (SSSR count). The summed E-state index contributed by atoms with van der Waals surface area (Å²) in [5.74, 6) is 0.975. The number of rotatable bonds is 35. The van der Waals surface area contributed by atoms with Crippen LogP contribution in [0, 0.1) is 0 Å². The fourth-order valence-corrected chi connectivity index (χ4v) is 6.42. The van der Waals surface area contributed by atoms with Crippen molar-refractivity contribution < 1.29 is 97.1 Å². The number of unbranched alkanes of at least 4 members (excludes halogenated alkanes) is 22. The molecular formula is C33H63Na2O8PS. The van der Waals surface area contributed by atoms with Gasteiger partial charge in [-0.3, -0.25) is 9.59 Å². The molecule has 0 heterocycles. The van der Waals surface area contributed by atoms with Gasteiger partial charge in [-0.1, -0.05) is 142 Å². The standard InChI is InChI=1S/C33H65O8PS.2Na/c1-2-3-4-5-6-7-8-11-14-17-20-23-26-33(35)41-32(29-40-42(36,37)38)30-43-28-25-22-19-16-13-10-9-12-15-18-21-24-27-39-31-34;;/h31-32H,2-30H2,1H3,(H2,36,37,38);;/q;2*+1/p-2/t32-;;/m1../s1. The molecule has 0 aliphatic heterocycles. The minimum atomic E-state index is -5.11. The molecule has 0 aliphatic rings. The van der Waals surface area contributed by atoms with E-state index < -0.39 is 20.5 Å². The van der Waals surface area contributed by atoms with Gasteiger partial charge in [0.15, 0.2) is 0 Å². The molecule has 0 amide bonds. The number of carbonyl (C=O) groups is 2. The van der Waals surface area contributed by atoms with Gasteiger partial charge in [0.2, 0.25) is 0 Å². The van der Waals surface area contributed by atoms with Crippen molar-refractivity contribution in [3.8, 4) is 0 Å². The average molecular weight is 697 g/mol. The molecular weight excluding hydrogens is 633 g/mol. The van der Waals surface area contributed by atoms with Crippen LogP contribution in [0.25, 0.3) is 0 Å². The SMILES string of the molecule is CCCCCCCCCCCCCCC(=O)O[C@H](COP(=O)([O-])[O-])CSCCCCCCCCCCCCCCOC=O.[Na+].[Na+]. The summed E-state index contributed by atoms with van der Waals surface area (Å²) in [7, 11) is -5.11. The van der Waals surface area contributed by atoms with E-state index in [0.29, 0.717) is 25.3 Å². The molecule has 0 saturated heterocycles. The van der Waals surface area contributed by atoms with Gasteiger partial charge in [0.05, 0.1) is 21.0 Å². The molecule has 8 nitrogen and oxygen atoms in total. The molecule has 0 aromatic carbocycles. The molecule has 0 saturated carbocycles. The monoisotopic (exact) mass is 696 g/mol. The summed E-state index contributed by atoms with van der Waals surface area (Å²) in [6.07, 6.45) is 28.5. The van der Waals surface area contributed by atoms with Crippen molar-refractivity contribution in [2.45, 2.75) is 174 Å². The third-order valence-electron chi connectivity index (χ3n) is 7.62. The third-order valence-corrected chi connectivity index (χ3v) is 9.27. The predicted molar refractivity (Wildman–Crippen MR) is 174 cm³/mol. The summed E-state index contributed by atoms with van der Waals surface area (Å²) in [4.78, 5) is 44.3. The fraction of sp³-hybridized carbons (Fsp3) is 0.939. The Morgan fingerprint density at radius 3 is 1.56 bits per heavy atom. The van der Waals surface area contributed by atoms with E-state index >= 15 is 0 Å². The molecule has 1 atom stereocenters. The fourth-order valence-electron chi connectivity index (χ4n) is 5.07. The maximum absolute atomic E-state index is 12.3. The van der Waals surface area contributed by atoms with Crippen LogP contribution in [0.3, 0.4) is 0 Å². The topological polar surface area (TPSA) is 125 Å². The minimum absolute atomic E-state index is 0. The van der Waals surface area contributed by atoms with Crippen LogP contribution in [0.15, 0.2) is 0 Å². The van der Waals surface area contributed by atoms with Crippen molar-refractivity contribution in [3.63, 3.8) is 0 Å². The Morgan fingerprint density at radius 2 is 1.11 bits per heavy atom. The smallest absolute Gasteiger partial charge is 0.790 e. The summed E-state index contributed by atoms with van der Waals surface area (Å²) in [5, 5.41) is 0. The van der Waals surface area contributed by atoms with Gasteiger partial charge in [-0.05, 0) is 25.0 Å². The third kappa shape index (κ3) is 43.4. The molecule has 0 aromatic rings. The number of phosphoric acid groups is 1. The molecule has 256 valence electrons. The maximum Gasteiger partial charge on any atom is 1.00 e. The van der Waals surface area contributed by atoms with Crippen LogP contribution in [0.1, 0.15) is 167 Å². The van der Waals surface area contributed by atoms with Gasteiger partial charge in [0.25, 0.3) is 6.47 Å². The molecule has 0 aliphatic carbocycles. The van der Waals surface area contributed by atoms with E-state index in [1.807, 2.05) is 0 Å². The number of thioether (sulfide) groups is 1. The van der Waals surface area contributed by atoms with Crippen molar-refractivity contribution in [2.24, 2.45) is 0 Å². The van der Waals surface area contributed by atoms with E-state index in [-0.39, 0.29) is 65.1 Å². The molecule has 0 radical (unpaired) electrons. The minimum Gasteiger partial charge on any atom is -0.790 e. The molecule has 0 aromatic heterocycles. The zero-order valence-corrected chi connectivity index (χ0v) is 35.0. The summed E-state index contributed by atoms with van der Waals surface area (Å²) < 4.78 is 25.5. The molecule has 0 unspecified atom stereocenters. The summed E-state index contributed by atoms with van der Waals surface area (Å²) in [6.45, 7) is 2.88. The van der Waals surface area contributed by atoms with Gasteiger partial charge in [-0.25, -0.2) is 0 Å². The second-order valence-corrected chi connectivity index (χ2v) is 14.1. The van der Waals surface area contributed by atoms with Crippen LogP contribution >= 0.6 is 19.6 Å². The first-order chi connectivity index (χ1) is 20.9. The Balaban J connectivity index is -0.00000882.